The van der Waals surface area contributed by atoms with Crippen LogP contribution in [0, 0.1) is 11.8 Å². The number of nitrogens with one attached hydrogen (secondary N) is 1. The van der Waals surface area contributed by atoms with Gasteiger partial charge in [-0.3, -0.25) is 9.48 Å². The molecular weight excluding hydrogens is 286 g/mol. The summed E-state index contributed by atoms with van der Waals surface area (Å²) in [5.41, 5.74) is 1.74. The van der Waals surface area contributed by atoms with Crippen LogP contribution in [0.1, 0.15) is 88.8 Å². The molecule has 0 spiro atoms. The van der Waals surface area contributed by atoms with E-state index < -0.39 is 0 Å². The van der Waals surface area contributed by atoms with Gasteiger partial charge >= 0.3 is 0 Å². The monoisotopic (exact) mass is 317 g/mol. The smallest absolute Gasteiger partial charge is 0.272 e. The number of aromatic nitrogens is 2. The molecule has 3 atom stereocenters. The standard InChI is InChI=1S/C19H31N3O/c1-12-7-6-8-15(13(12)2)20-18(23)16-11-17(14-9-10-14)22(21-16)19(3,4)5/h11-15H,6-10H2,1-5H3,(H,20,23). The average Bonchev–Trinajstić information content (AvgIpc) is 3.20. The van der Waals surface area contributed by atoms with E-state index in [1.54, 1.807) is 0 Å². The highest BCUT2D eigenvalue weighted by atomic mass is 16.2. The second-order valence-electron chi connectivity index (χ2n) is 8.66. The zero-order valence-electron chi connectivity index (χ0n) is 15.2. The lowest BCUT2D eigenvalue weighted by molar-refractivity contribution is 0.0884. The van der Waals surface area contributed by atoms with Crippen LogP contribution in [0.3, 0.4) is 0 Å². The van der Waals surface area contributed by atoms with E-state index in [4.69, 9.17) is 0 Å². The van der Waals surface area contributed by atoms with Gasteiger partial charge in [-0.15, -0.1) is 0 Å². The SMILES string of the molecule is CC1CCCC(NC(=O)c2cc(C3CC3)n(C(C)(C)C)n2)C1C. The van der Waals surface area contributed by atoms with Crippen molar-refractivity contribution in [1.29, 1.82) is 0 Å². The topological polar surface area (TPSA) is 46.9 Å². The van der Waals surface area contributed by atoms with Gasteiger partial charge in [-0.05, 0) is 57.9 Å². The highest BCUT2D eigenvalue weighted by molar-refractivity contribution is 5.92. The third kappa shape index (κ3) is 3.46. The molecule has 2 aliphatic carbocycles. The molecule has 2 aliphatic rings. The minimum absolute atomic E-state index is 0.000787. The molecular formula is C19H31N3O. The summed E-state index contributed by atoms with van der Waals surface area (Å²) in [6.07, 6.45) is 6.02. The first-order valence-corrected chi connectivity index (χ1v) is 9.18. The predicted molar refractivity (Wildman–Crippen MR) is 92.6 cm³/mol. The fourth-order valence-electron chi connectivity index (χ4n) is 3.74. The van der Waals surface area contributed by atoms with Crippen LogP contribution in [-0.2, 0) is 5.54 Å². The highest BCUT2D eigenvalue weighted by Gasteiger charge is 2.34. The van der Waals surface area contributed by atoms with Gasteiger partial charge < -0.3 is 5.32 Å². The van der Waals surface area contributed by atoms with Crippen LogP contribution in [-0.4, -0.2) is 21.7 Å². The molecule has 3 unspecified atom stereocenters. The fraction of sp³-hybridized carbons (Fsp3) is 0.789. The van der Waals surface area contributed by atoms with E-state index in [2.05, 4.69) is 49.7 Å². The second-order valence-corrected chi connectivity index (χ2v) is 8.66. The van der Waals surface area contributed by atoms with E-state index in [-0.39, 0.29) is 17.5 Å². The maximum absolute atomic E-state index is 12.7. The Morgan fingerprint density at radius 1 is 1.22 bits per heavy atom. The van der Waals surface area contributed by atoms with Crippen LogP contribution in [0.5, 0.6) is 0 Å². The summed E-state index contributed by atoms with van der Waals surface area (Å²) in [6, 6.07) is 2.31. The minimum atomic E-state index is -0.0803. The van der Waals surface area contributed by atoms with E-state index in [1.807, 2.05) is 6.07 Å². The molecule has 23 heavy (non-hydrogen) atoms. The molecule has 1 aromatic rings. The summed E-state index contributed by atoms with van der Waals surface area (Å²) < 4.78 is 2.06. The number of amides is 1. The predicted octanol–water partition coefficient (Wildman–Crippen LogP) is 4.07. The Bertz CT molecular complexity index is 580. The van der Waals surface area contributed by atoms with E-state index in [0.29, 0.717) is 23.4 Å². The van der Waals surface area contributed by atoms with Crippen LogP contribution in [0.15, 0.2) is 6.07 Å². The van der Waals surface area contributed by atoms with Crippen molar-refractivity contribution in [3.63, 3.8) is 0 Å². The third-order valence-electron chi connectivity index (χ3n) is 5.62. The maximum Gasteiger partial charge on any atom is 0.272 e. The first kappa shape index (κ1) is 16.5. The second kappa shape index (κ2) is 5.95. The van der Waals surface area contributed by atoms with Gasteiger partial charge in [0, 0.05) is 17.7 Å². The van der Waals surface area contributed by atoms with Crippen molar-refractivity contribution in [3.05, 3.63) is 17.5 Å². The Balaban J connectivity index is 1.77. The van der Waals surface area contributed by atoms with Crippen molar-refractivity contribution in [1.82, 2.24) is 15.1 Å². The van der Waals surface area contributed by atoms with Crippen molar-refractivity contribution < 1.29 is 4.79 Å². The Morgan fingerprint density at radius 2 is 1.91 bits per heavy atom. The Labute approximate surface area is 140 Å². The molecule has 1 aromatic heterocycles. The van der Waals surface area contributed by atoms with Crippen LogP contribution in [0.25, 0.3) is 0 Å². The van der Waals surface area contributed by atoms with Gasteiger partial charge in [-0.1, -0.05) is 26.7 Å². The number of carbonyl (C=O) groups excluding carboxylic acids is 1. The Hall–Kier alpha value is -1.32. The summed E-state index contributed by atoms with van der Waals surface area (Å²) in [4.78, 5) is 12.7. The quantitative estimate of drug-likeness (QED) is 0.913. The van der Waals surface area contributed by atoms with Crippen molar-refractivity contribution in [2.24, 2.45) is 11.8 Å². The number of rotatable bonds is 3. The molecule has 0 bridgehead atoms. The summed E-state index contributed by atoms with van der Waals surface area (Å²) in [7, 11) is 0. The van der Waals surface area contributed by atoms with Crippen molar-refractivity contribution in [2.75, 3.05) is 0 Å². The molecule has 0 saturated heterocycles. The summed E-state index contributed by atoms with van der Waals surface area (Å²) >= 11 is 0. The van der Waals surface area contributed by atoms with Gasteiger partial charge in [-0.2, -0.15) is 5.10 Å². The van der Waals surface area contributed by atoms with E-state index >= 15 is 0 Å². The first-order valence-electron chi connectivity index (χ1n) is 9.18. The number of nitrogens with zero attached hydrogens (tertiary/aromatic N) is 2. The lowest BCUT2D eigenvalue weighted by atomic mass is 9.78. The van der Waals surface area contributed by atoms with Gasteiger partial charge in [0.15, 0.2) is 0 Å². The van der Waals surface area contributed by atoms with Crippen molar-refractivity contribution >= 4 is 5.91 Å². The van der Waals surface area contributed by atoms with Crippen molar-refractivity contribution in [3.8, 4) is 0 Å². The molecule has 2 saturated carbocycles. The molecule has 1 N–H and O–H groups in total. The van der Waals surface area contributed by atoms with Gasteiger partial charge in [0.05, 0.1) is 5.54 Å². The Kier molecular flexibility index (Phi) is 4.28. The first-order chi connectivity index (χ1) is 10.8. The number of hydrogen-bond acceptors (Lipinski definition) is 2. The largest absolute Gasteiger partial charge is 0.348 e. The number of hydrogen-bond donors (Lipinski definition) is 1. The Morgan fingerprint density at radius 3 is 2.52 bits per heavy atom. The molecule has 0 radical (unpaired) electrons. The summed E-state index contributed by atoms with van der Waals surface area (Å²) in [5, 5.41) is 7.91. The maximum atomic E-state index is 12.7. The zero-order valence-corrected chi connectivity index (χ0v) is 15.2. The van der Waals surface area contributed by atoms with Crippen molar-refractivity contribution in [2.45, 2.75) is 84.2 Å². The minimum Gasteiger partial charge on any atom is -0.348 e. The number of carbonyl (C=O) groups is 1. The highest BCUT2D eigenvalue weighted by Crippen LogP contribution is 2.41. The molecule has 128 valence electrons. The normalized spacial score (nSPS) is 28.7. The lowest BCUT2D eigenvalue weighted by Crippen LogP contribution is -2.43. The van der Waals surface area contributed by atoms with Gasteiger partial charge in [-0.25, -0.2) is 0 Å². The summed E-state index contributed by atoms with van der Waals surface area (Å²) in [6.45, 7) is 11.0. The molecule has 1 amide bonds. The fourth-order valence-corrected chi connectivity index (χ4v) is 3.74. The molecule has 0 aromatic carbocycles. The third-order valence-corrected chi connectivity index (χ3v) is 5.62. The van der Waals surface area contributed by atoms with E-state index in [0.717, 1.165) is 6.42 Å². The van der Waals surface area contributed by atoms with Crippen LogP contribution >= 0.6 is 0 Å². The molecule has 4 nitrogen and oxygen atoms in total. The zero-order chi connectivity index (χ0) is 16.8. The molecule has 3 rings (SSSR count). The van der Waals surface area contributed by atoms with Gasteiger partial charge in [0.1, 0.15) is 5.69 Å². The molecule has 1 heterocycles. The van der Waals surface area contributed by atoms with Gasteiger partial charge in [0.25, 0.3) is 5.91 Å². The average molecular weight is 317 g/mol. The lowest BCUT2D eigenvalue weighted by Gasteiger charge is -2.34. The van der Waals surface area contributed by atoms with Crippen LogP contribution < -0.4 is 5.32 Å². The van der Waals surface area contributed by atoms with E-state index in [1.165, 1.54) is 31.4 Å². The van der Waals surface area contributed by atoms with E-state index in [9.17, 15) is 4.79 Å². The molecule has 4 heteroatoms. The molecule has 2 fully saturated rings. The summed E-state index contributed by atoms with van der Waals surface area (Å²) in [5.74, 6) is 1.82. The van der Waals surface area contributed by atoms with Crippen LogP contribution in [0.2, 0.25) is 0 Å². The van der Waals surface area contributed by atoms with Crippen LogP contribution in [0.4, 0.5) is 0 Å². The molecule has 0 aliphatic heterocycles. The van der Waals surface area contributed by atoms with Gasteiger partial charge in [0.2, 0.25) is 0 Å².